The predicted octanol–water partition coefficient (Wildman–Crippen LogP) is 2.54. The lowest BCUT2D eigenvalue weighted by molar-refractivity contribution is -0.133. The molecule has 4 heterocycles. The van der Waals surface area contributed by atoms with E-state index in [4.69, 9.17) is 0 Å². The topological polar surface area (TPSA) is 78.0 Å². The quantitative estimate of drug-likeness (QED) is 0.760. The maximum Gasteiger partial charge on any atom is 0.223 e. The highest BCUT2D eigenvalue weighted by Crippen LogP contribution is 2.28. The van der Waals surface area contributed by atoms with Crippen molar-refractivity contribution < 1.29 is 4.79 Å². The van der Waals surface area contributed by atoms with Gasteiger partial charge in [0.1, 0.15) is 11.8 Å². The van der Waals surface area contributed by atoms with E-state index in [1.165, 1.54) is 11.1 Å². The van der Waals surface area contributed by atoms with Gasteiger partial charge >= 0.3 is 0 Å². The Bertz CT molecular complexity index is 991. The molecule has 0 bridgehead atoms. The number of hydrogen-bond donors (Lipinski definition) is 1. The summed E-state index contributed by atoms with van der Waals surface area (Å²) in [7, 11) is 0. The molecule has 3 aromatic rings. The highest BCUT2D eigenvalue weighted by Gasteiger charge is 2.27. The summed E-state index contributed by atoms with van der Waals surface area (Å²) < 4.78 is 0. The molecule has 1 fully saturated rings. The van der Waals surface area contributed by atoms with E-state index in [1.54, 1.807) is 12.7 Å². The monoisotopic (exact) mass is 376 g/mol. The molecule has 1 amide bonds. The van der Waals surface area contributed by atoms with Gasteiger partial charge in [-0.3, -0.25) is 4.79 Å². The van der Waals surface area contributed by atoms with E-state index in [0.717, 1.165) is 56.8 Å². The Morgan fingerprint density at radius 3 is 2.75 bits per heavy atom. The number of nitrogens with one attached hydrogen (secondary N) is 1. The Labute approximate surface area is 163 Å². The lowest BCUT2D eigenvalue weighted by Crippen LogP contribution is -2.39. The maximum absolute atomic E-state index is 12.8. The third kappa shape index (κ3) is 3.21. The van der Waals surface area contributed by atoms with Gasteiger partial charge in [-0.15, -0.1) is 0 Å². The molecule has 7 heteroatoms. The van der Waals surface area contributed by atoms with Crippen molar-refractivity contribution in [3.63, 3.8) is 0 Å². The van der Waals surface area contributed by atoms with Gasteiger partial charge in [0.25, 0.3) is 0 Å². The molecule has 1 aromatic carbocycles. The average Bonchev–Trinajstić information content (AvgIpc) is 3.23. The maximum atomic E-state index is 12.8. The minimum atomic E-state index is 0.297. The molecule has 1 saturated heterocycles. The summed E-state index contributed by atoms with van der Waals surface area (Å²) in [6, 6.07) is 8.47. The zero-order valence-corrected chi connectivity index (χ0v) is 15.8. The van der Waals surface area contributed by atoms with E-state index < -0.39 is 0 Å². The van der Waals surface area contributed by atoms with Gasteiger partial charge in [-0.1, -0.05) is 24.3 Å². The van der Waals surface area contributed by atoms with Crippen LogP contribution in [0.2, 0.25) is 0 Å². The number of aromatic amines is 1. The number of benzene rings is 1. The van der Waals surface area contributed by atoms with E-state index in [9.17, 15) is 4.79 Å². The molecule has 5 rings (SSSR count). The molecule has 7 nitrogen and oxygen atoms in total. The number of carbonyl (C=O) groups is 1. The third-order valence-corrected chi connectivity index (χ3v) is 6.06. The number of amides is 1. The second kappa shape index (κ2) is 7.22. The summed E-state index contributed by atoms with van der Waals surface area (Å²) in [6.07, 6.45) is 6.87. The van der Waals surface area contributed by atoms with Crippen molar-refractivity contribution >= 4 is 22.9 Å². The molecule has 0 spiro atoms. The number of nitrogens with zero attached hydrogens (tertiary/aromatic N) is 5. The molecule has 2 aromatic heterocycles. The summed E-state index contributed by atoms with van der Waals surface area (Å²) in [6.45, 7) is 3.41. The molecule has 0 atom stereocenters. The van der Waals surface area contributed by atoms with Crippen LogP contribution in [0.4, 0.5) is 5.82 Å². The Morgan fingerprint density at radius 2 is 1.89 bits per heavy atom. The number of aromatic nitrogens is 4. The van der Waals surface area contributed by atoms with Crippen LogP contribution in [-0.4, -0.2) is 50.4 Å². The lowest BCUT2D eigenvalue weighted by atomic mass is 9.92. The molecule has 28 heavy (non-hydrogen) atoms. The second-order valence-corrected chi connectivity index (χ2v) is 7.77. The molecular formula is C21H24N6O. The fourth-order valence-corrected chi connectivity index (χ4v) is 4.43. The first kappa shape index (κ1) is 17.2. The Hall–Kier alpha value is -2.96. The van der Waals surface area contributed by atoms with Gasteiger partial charge in [0.15, 0.2) is 11.5 Å². The van der Waals surface area contributed by atoms with Crippen LogP contribution in [0.25, 0.3) is 11.2 Å². The first-order valence-electron chi connectivity index (χ1n) is 10.0. The van der Waals surface area contributed by atoms with Crippen molar-refractivity contribution in [2.45, 2.75) is 32.2 Å². The standard InChI is InChI=1S/C21H24N6O/c28-18(27-10-7-16-3-1-2-4-17(16)12-27)11-15-5-8-26(9-6-15)21-19-20(23-13-22-19)24-14-25-21/h1-4,13-15H,5-12H2,(H,22,23,24,25). The van der Waals surface area contributed by atoms with Gasteiger partial charge in [-0.25, -0.2) is 15.0 Å². The fraction of sp³-hybridized carbons (Fsp3) is 0.429. The predicted molar refractivity (Wildman–Crippen MR) is 107 cm³/mol. The van der Waals surface area contributed by atoms with Crippen LogP contribution in [0.5, 0.6) is 0 Å². The summed E-state index contributed by atoms with van der Waals surface area (Å²) in [4.78, 5) is 33.2. The van der Waals surface area contributed by atoms with Crippen molar-refractivity contribution in [1.29, 1.82) is 0 Å². The SMILES string of the molecule is O=C(CC1CCN(c2ncnc3nc[nH]c23)CC1)N1CCc2ccccc2C1. The first-order chi connectivity index (χ1) is 13.8. The van der Waals surface area contributed by atoms with Gasteiger partial charge in [0.2, 0.25) is 5.91 Å². The number of piperidine rings is 1. The van der Waals surface area contributed by atoms with Crippen LogP contribution < -0.4 is 4.90 Å². The van der Waals surface area contributed by atoms with E-state index >= 15 is 0 Å². The second-order valence-electron chi connectivity index (χ2n) is 7.77. The molecule has 144 valence electrons. The molecule has 2 aliphatic rings. The number of anilines is 1. The van der Waals surface area contributed by atoms with Crippen molar-refractivity contribution in [2.75, 3.05) is 24.5 Å². The molecule has 0 saturated carbocycles. The van der Waals surface area contributed by atoms with E-state index in [-0.39, 0.29) is 0 Å². The Morgan fingerprint density at radius 1 is 1.07 bits per heavy atom. The molecule has 1 N–H and O–H groups in total. The summed E-state index contributed by atoms with van der Waals surface area (Å²) in [5.41, 5.74) is 4.27. The van der Waals surface area contributed by atoms with Crippen LogP contribution in [0, 0.1) is 5.92 Å². The van der Waals surface area contributed by atoms with Gasteiger partial charge in [0, 0.05) is 32.6 Å². The van der Waals surface area contributed by atoms with E-state index in [1.807, 2.05) is 4.90 Å². The van der Waals surface area contributed by atoms with Crippen molar-refractivity contribution in [2.24, 2.45) is 5.92 Å². The third-order valence-electron chi connectivity index (χ3n) is 6.06. The van der Waals surface area contributed by atoms with Crippen molar-refractivity contribution in [3.05, 3.63) is 48.0 Å². The Kier molecular flexibility index (Phi) is 4.43. The minimum Gasteiger partial charge on any atom is -0.355 e. The number of imidazole rings is 1. The van der Waals surface area contributed by atoms with E-state index in [0.29, 0.717) is 23.9 Å². The largest absolute Gasteiger partial charge is 0.355 e. The summed E-state index contributed by atoms with van der Waals surface area (Å²) >= 11 is 0. The fourth-order valence-electron chi connectivity index (χ4n) is 4.43. The number of hydrogen-bond acceptors (Lipinski definition) is 5. The smallest absolute Gasteiger partial charge is 0.223 e. The zero-order chi connectivity index (χ0) is 18.9. The van der Waals surface area contributed by atoms with Crippen LogP contribution in [0.15, 0.2) is 36.9 Å². The van der Waals surface area contributed by atoms with Gasteiger partial charge in [-0.05, 0) is 36.3 Å². The summed E-state index contributed by atoms with van der Waals surface area (Å²) in [5, 5.41) is 0. The molecule has 2 aliphatic heterocycles. The highest BCUT2D eigenvalue weighted by atomic mass is 16.2. The van der Waals surface area contributed by atoms with E-state index in [2.05, 4.69) is 49.1 Å². The number of rotatable bonds is 3. The first-order valence-corrected chi connectivity index (χ1v) is 10.0. The molecule has 0 unspecified atom stereocenters. The van der Waals surface area contributed by atoms with Crippen molar-refractivity contribution in [3.8, 4) is 0 Å². The Balaban J connectivity index is 1.19. The molecular weight excluding hydrogens is 352 g/mol. The average molecular weight is 376 g/mol. The molecule has 0 radical (unpaired) electrons. The number of H-pyrrole nitrogens is 1. The van der Waals surface area contributed by atoms with Gasteiger partial charge in [0.05, 0.1) is 6.33 Å². The molecule has 0 aliphatic carbocycles. The zero-order valence-electron chi connectivity index (χ0n) is 15.8. The number of carbonyl (C=O) groups excluding carboxylic acids is 1. The van der Waals surface area contributed by atoms with Crippen LogP contribution in [0.3, 0.4) is 0 Å². The highest BCUT2D eigenvalue weighted by molar-refractivity contribution is 5.82. The minimum absolute atomic E-state index is 0.297. The van der Waals surface area contributed by atoms with Crippen LogP contribution in [-0.2, 0) is 17.8 Å². The summed E-state index contributed by atoms with van der Waals surface area (Å²) in [5.74, 6) is 1.66. The normalized spacial score (nSPS) is 17.7. The lowest BCUT2D eigenvalue weighted by Gasteiger charge is -2.34. The van der Waals surface area contributed by atoms with Crippen LogP contribution in [0.1, 0.15) is 30.4 Å². The van der Waals surface area contributed by atoms with Gasteiger partial charge in [-0.2, -0.15) is 0 Å². The van der Waals surface area contributed by atoms with Crippen LogP contribution >= 0.6 is 0 Å². The number of fused-ring (bicyclic) bond motifs is 2. The van der Waals surface area contributed by atoms with Gasteiger partial charge < -0.3 is 14.8 Å². The van der Waals surface area contributed by atoms with Crippen molar-refractivity contribution in [1.82, 2.24) is 24.8 Å².